The zero-order valence-corrected chi connectivity index (χ0v) is 8.36. The Hall–Kier alpha value is -0.940. The van der Waals surface area contributed by atoms with Gasteiger partial charge in [0, 0.05) is 5.56 Å². The van der Waals surface area contributed by atoms with Gasteiger partial charge in [0.15, 0.2) is 0 Å². The summed E-state index contributed by atoms with van der Waals surface area (Å²) in [5.41, 5.74) is 5.53. The summed E-state index contributed by atoms with van der Waals surface area (Å²) in [6.45, 7) is 0.247. The largest absolute Gasteiger partial charge is 0.491 e. The van der Waals surface area contributed by atoms with Crippen LogP contribution in [0.2, 0.25) is 0 Å². The first-order chi connectivity index (χ1) is 6.48. The van der Waals surface area contributed by atoms with Gasteiger partial charge in [-0.05, 0) is 12.1 Å². The van der Waals surface area contributed by atoms with Gasteiger partial charge in [0.1, 0.15) is 12.4 Å². The van der Waals surface area contributed by atoms with E-state index in [4.69, 9.17) is 10.5 Å². The van der Waals surface area contributed by atoms with E-state index in [1.54, 1.807) is 0 Å². The second-order valence-corrected chi connectivity index (χ2v) is 3.17. The van der Waals surface area contributed by atoms with Gasteiger partial charge in [0.05, 0.1) is 11.6 Å². The average molecular weight is 240 g/mol. The van der Waals surface area contributed by atoms with E-state index in [1.807, 2.05) is 0 Å². The highest BCUT2D eigenvalue weighted by molar-refractivity contribution is 5.85. The minimum atomic E-state index is -4.33. The fourth-order valence-electron chi connectivity index (χ4n) is 1.41. The van der Waals surface area contributed by atoms with Crippen LogP contribution in [0, 0.1) is 0 Å². The highest BCUT2D eigenvalue weighted by atomic mass is 35.5. The molecule has 0 amide bonds. The van der Waals surface area contributed by atoms with Gasteiger partial charge in [-0.1, -0.05) is 6.07 Å². The van der Waals surface area contributed by atoms with Gasteiger partial charge in [-0.2, -0.15) is 13.2 Å². The molecule has 0 aliphatic carbocycles. The minimum Gasteiger partial charge on any atom is -0.491 e. The SMILES string of the molecule is Cl.NC1COc2cc(C(F)(F)F)ccc21. The van der Waals surface area contributed by atoms with Gasteiger partial charge in [-0.15, -0.1) is 12.4 Å². The summed E-state index contributed by atoms with van der Waals surface area (Å²) in [5, 5.41) is 0. The van der Waals surface area contributed by atoms with E-state index in [0.717, 1.165) is 12.1 Å². The van der Waals surface area contributed by atoms with Crippen LogP contribution in [0.25, 0.3) is 0 Å². The van der Waals surface area contributed by atoms with Gasteiger partial charge >= 0.3 is 6.18 Å². The number of ether oxygens (including phenoxy) is 1. The number of hydrogen-bond acceptors (Lipinski definition) is 2. The van der Waals surface area contributed by atoms with E-state index in [2.05, 4.69) is 0 Å². The monoisotopic (exact) mass is 239 g/mol. The van der Waals surface area contributed by atoms with Crippen LogP contribution in [0.15, 0.2) is 18.2 Å². The summed E-state index contributed by atoms with van der Waals surface area (Å²) in [5.74, 6) is 0.243. The van der Waals surface area contributed by atoms with Crippen molar-refractivity contribution in [2.75, 3.05) is 6.61 Å². The fourth-order valence-corrected chi connectivity index (χ4v) is 1.41. The molecule has 1 aliphatic heterocycles. The third-order valence-electron chi connectivity index (χ3n) is 2.16. The molecule has 0 spiro atoms. The molecule has 1 aromatic rings. The quantitative estimate of drug-likeness (QED) is 0.755. The van der Waals surface area contributed by atoms with E-state index in [0.29, 0.717) is 5.56 Å². The summed E-state index contributed by atoms with van der Waals surface area (Å²) >= 11 is 0. The first-order valence-electron chi connectivity index (χ1n) is 4.08. The Balaban J connectivity index is 0.00000112. The molecule has 15 heavy (non-hydrogen) atoms. The van der Waals surface area contributed by atoms with E-state index in [-0.39, 0.29) is 30.8 Å². The van der Waals surface area contributed by atoms with Crippen LogP contribution in [0.5, 0.6) is 5.75 Å². The van der Waals surface area contributed by atoms with Gasteiger partial charge < -0.3 is 10.5 Å². The van der Waals surface area contributed by atoms with Crippen LogP contribution in [0.1, 0.15) is 17.2 Å². The Morgan fingerprint density at radius 1 is 1.33 bits per heavy atom. The average Bonchev–Trinajstić information content (AvgIpc) is 2.46. The van der Waals surface area contributed by atoms with Gasteiger partial charge in [-0.25, -0.2) is 0 Å². The Bertz CT molecular complexity index is 367. The molecular formula is C9H9ClF3NO. The summed E-state index contributed by atoms with van der Waals surface area (Å²) in [4.78, 5) is 0. The lowest BCUT2D eigenvalue weighted by atomic mass is 10.1. The van der Waals surface area contributed by atoms with E-state index < -0.39 is 11.7 Å². The number of benzene rings is 1. The van der Waals surface area contributed by atoms with Crippen molar-refractivity contribution in [3.63, 3.8) is 0 Å². The van der Waals surface area contributed by atoms with Crippen molar-refractivity contribution in [2.24, 2.45) is 5.73 Å². The van der Waals surface area contributed by atoms with Gasteiger partial charge in [0.2, 0.25) is 0 Å². The molecule has 2 nitrogen and oxygen atoms in total. The predicted octanol–water partition coefficient (Wildman–Crippen LogP) is 2.52. The first-order valence-corrected chi connectivity index (χ1v) is 4.08. The molecule has 1 unspecified atom stereocenters. The number of fused-ring (bicyclic) bond motifs is 1. The van der Waals surface area contributed by atoms with Crippen LogP contribution in [0.4, 0.5) is 13.2 Å². The van der Waals surface area contributed by atoms with Crippen LogP contribution < -0.4 is 10.5 Å². The second kappa shape index (κ2) is 3.90. The highest BCUT2D eigenvalue weighted by Gasteiger charge is 2.32. The van der Waals surface area contributed by atoms with Crippen molar-refractivity contribution in [1.29, 1.82) is 0 Å². The Kier molecular flexibility index (Phi) is 3.16. The molecule has 0 saturated carbocycles. The van der Waals surface area contributed by atoms with E-state index >= 15 is 0 Å². The van der Waals surface area contributed by atoms with Crippen LogP contribution in [-0.2, 0) is 6.18 Å². The maximum atomic E-state index is 12.3. The van der Waals surface area contributed by atoms with Crippen LogP contribution in [-0.4, -0.2) is 6.61 Å². The minimum absolute atomic E-state index is 0. The summed E-state index contributed by atoms with van der Waals surface area (Å²) in [6.07, 6.45) is -4.33. The molecule has 84 valence electrons. The molecule has 1 atom stereocenters. The number of nitrogens with two attached hydrogens (primary N) is 1. The summed E-state index contributed by atoms with van der Waals surface area (Å²) < 4.78 is 41.8. The van der Waals surface area contributed by atoms with Crippen LogP contribution >= 0.6 is 12.4 Å². The number of rotatable bonds is 0. The molecule has 2 N–H and O–H groups in total. The molecule has 0 saturated heterocycles. The zero-order chi connectivity index (χ0) is 10.3. The zero-order valence-electron chi connectivity index (χ0n) is 7.54. The smallest absolute Gasteiger partial charge is 0.416 e. The maximum Gasteiger partial charge on any atom is 0.416 e. The lowest BCUT2D eigenvalue weighted by Gasteiger charge is -2.08. The molecule has 0 fully saturated rings. The summed E-state index contributed by atoms with van der Waals surface area (Å²) in [7, 11) is 0. The molecule has 6 heteroatoms. The topological polar surface area (TPSA) is 35.2 Å². The second-order valence-electron chi connectivity index (χ2n) is 3.17. The highest BCUT2D eigenvalue weighted by Crippen LogP contribution is 2.37. The Morgan fingerprint density at radius 3 is 2.60 bits per heavy atom. The maximum absolute atomic E-state index is 12.3. The molecule has 0 radical (unpaired) electrons. The lowest BCUT2D eigenvalue weighted by molar-refractivity contribution is -0.137. The third kappa shape index (κ3) is 2.18. The van der Waals surface area contributed by atoms with Crippen molar-refractivity contribution >= 4 is 12.4 Å². The number of hydrogen-bond donors (Lipinski definition) is 1. The molecule has 1 aliphatic rings. The number of halogens is 4. The Labute approximate surface area is 90.6 Å². The molecule has 0 aromatic heterocycles. The molecule has 1 aromatic carbocycles. The molecule has 0 bridgehead atoms. The standard InChI is InChI=1S/C9H8F3NO.ClH/c10-9(11,12)5-1-2-6-7(13)4-14-8(6)3-5;/h1-3,7H,4,13H2;1H. The molecule has 1 heterocycles. The van der Waals surface area contributed by atoms with E-state index in [1.165, 1.54) is 6.07 Å². The normalized spacial score (nSPS) is 19.1. The van der Waals surface area contributed by atoms with Crippen molar-refractivity contribution in [3.8, 4) is 5.75 Å². The lowest BCUT2D eigenvalue weighted by Crippen LogP contribution is -2.10. The summed E-state index contributed by atoms with van der Waals surface area (Å²) in [6, 6.07) is 3.07. The molecule has 2 rings (SSSR count). The molecular weight excluding hydrogens is 231 g/mol. The van der Waals surface area contributed by atoms with Crippen LogP contribution in [0.3, 0.4) is 0 Å². The Morgan fingerprint density at radius 2 is 2.00 bits per heavy atom. The van der Waals surface area contributed by atoms with Crippen molar-refractivity contribution in [1.82, 2.24) is 0 Å². The fraction of sp³-hybridized carbons (Fsp3) is 0.333. The van der Waals surface area contributed by atoms with Crippen molar-refractivity contribution < 1.29 is 17.9 Å². The number of alkyl halides is 3. The van der Waals surface area contributed by atoms with Crippen molar-refractivity contribution in [3.05, 3.63) is 29.3 Å². The van der Waals surface area contributed by atoms with E-state index in [9.17, 15) is 13.2 Å². The predicted molar refractivity (Wildman–Crippen MR) is 51.1 cm³/mol. The third-order valence-corrected chi connectivity index (χ3v) is 2.16. The van der Waals surface area contributed by atoms with Gasteiger partial charge in [0.25, 0.3) is 0 Å². The van der Waals surface area contributed by atoms with Gasteiger partial charge in [-0.3, -0.25) is 0 Å². The first kappa shape index (κ1) is 12.1. The van der Waals surface area contributed by atoms with Crippen molar-refractivity contribution in [2.45, 2.75) is 12.2 Å².